The fourth-order valence-corrected chi connectivity index (χ4v) is 3.11. The Labute approximate surface area is 140 Å². The van der Waals surface area contributed by atoms with Crippen molar-refractivity contribution in [3.8, 4) is 5.88 Å². The molecule has 3 rings (SSSR count). The molecule has 0 saturated carbocycles. The fraction of sp³-hybridized carbons (Fsp3) is 0.375. The van der Waals surface area contributed by atoms with Gasteiger partial charge in [-0.15, -0.1) is 0 Å². The van der Waals surface area contributed by atoms with E-state index in [9.17, 15) is 0 Å². The Kier molecular flexibility index (Phi) is 5.13. The standard InChI is InChI=1S/C16H17Cl2N3O/c17-14-2-1-13(15(18)7-14)10-21-6-3-12(9-21)11-22-16-8-19-4-5-20-16/h1-2,4-5,7-8,12H,3,6,9-11H2. The number of nitrogens with zero attached hydrogens (tertiary/aromatic N) is 3. The van der Waals surface area contributed by atoms with E-state index in [2.05, 4.69) is 14.9 Å². The lowest BCUT2D eigenvalue weighted by Gasteiger charge is -2.17. The summed E-state index contributed by atoms with van der Waals surface area (Å²) in [4.78, 5) is 10.5. The average molecular weight is 338 g/mol. The van der Waals surface area contributed by atoms with Crippen LogP contribution in [-0.4, -0.2) is 34.6 Å². The highest BCUT2D eigenvalue weighted by Gasteiger charge is 2.23. The smallest absolute Gasteiger partial charge is 0.232 e. The lowest BCUT2D eigenvalue weighted by atomic mass is 10.1. The van der Waals surface area contributed by atoms with Gasteiger partial charge in [0.25, 0.3) is 0 Å². The molecule has 1 fully saturated rings. The second-order valence-electron chi connectivity index (χ2n) is 5.48. The van der Waals surface area contributed by atoms with Crippen molar-refractivity contribution >= 4 is 23.2 Å². The van der Waals surface area contributed by atoms with Crippen LogP contribution >= 0.6 is 23.2 Å². The van der Waals surface area contributed by atoms with E-state index in [-0.39, 0.29) is 0 Å². The maximum absolute atomic E-state index is 6.23. The second-order valence-corrected chi connectivity index (χ2v) is 6.32. The van der Waals surface area contributed by atoms with Gasteiger partial charge in [-0.25, -0.2) is 4.98 Å². The average Bonchev–Trinajstić information content (AvgIpc) is 2.97. The molecule has 0 radical (unpaired) electrons. The molecule has 0 spiro atoms. The Bertz CT molecular complexity index is 624. The van der Waals surface area contributed by atoms with Crippen molar-refractivity contribution in [2.24, 2.45) is 5.92 Å². The summed E-state index contributed by atoms with van der Waals surface area (Å²) >= 11 is 12.2. The summed E-state index contributed by atoms with van der Waals surface area (Å²) in [5.74, 6) is 1.09. The molecule has 1 saturated heterocycles. The van der Waals surface area contributed by atoms with Gasteiger partial charge in [0.1, 0.15) is 0 Å². The third-order valence-electron chi connectivity index (χ3n) is 3.79. The van der Waals surface area contributed by atoms with Crippen molar-refractivity contribution in [2.45, 2.75) is 13.0 Å². The summed E-state index contributed by atoms with van der Waals surface area (Å²) in [5.41, 5.74) is 1.11. The Morgan fingerprint density at radius 1 is 1.27 bits per heavy atom. The molecule has 1 aromatic carbocycles. The predicted molar refractivity (Wildman–Crippen MR) is 87.4 cm³/mol. The third-order valence-corrected chi connectivity index (χ3v) is 4.37. The van der Waals surface area contributed by atoms with E-state index in [4.69, 9.17) is 27.9 Å². The summed E-state index contributed by atoms with van der Waals surface area (Å²) in [5, 5.41) is 1.40. The van der Waals surface area contributed by atoms with Gasteiger partial charge >= 0.3 is 0 Å². The van der Waals surface area contributed by atoms with Crippen molar-refractivity contribution in [3.63, 3.8) is 0 Å². The normalized spacial score (nSPS) is 18.5. The molecule has 1 unspecified atom stereocenters. The number of benzene rings is 1. The first kappa shape index (κ1) is 15.5. The topological polar surface area (TPSA) is 38.2 Å². The van der Waals surface area contributed by atoms with Gasteiger partial charge in [0, 0.05) is 41.4 Å². The zero-order valence-corrected chi connectivity index (χ0v) is 13.6. The SMILES string of the molecule is Clc1ccc(CN2CCC(COc3cnccn3)C2)c(Cl)c1. The van der Waals surface area contributed by atoms with Crippen LogP contribution in [0.5, 0.6) is 5.88 Å². The first-order valence-electron chi connectivity index (χ1n) is 7.26. The quantitative estimate of drug-likeness (QED) is 0.834. The summed E-state index contributed by atoms with van der Waals surface area (Å²) in [6.07, 6.45) is 6.03. The Hall–Kier alpha value is -1.36. The van der Waals surface area contributed by atoms with Crippen LogP contribution in [-0.2, 0) is 6.54 Å². The van der Waals surface area contributed by atoms with Crippen LogP contribution < -0.4 is 4.74 Å². The molecule has 2 aromatic rings. The predicted octanol–water partition coefficient (Wildman–Crippen LogP) is 3.68. The van der Waals surface area contributed by atoms with Crippen molar-refractivity contribution in [1.29, 1.82) is 0 Å². The second kappa shape index (κ2) is 7.27. The maximum atomic E-state index is 6.23. The number of halogens is 2. The number of likely N-dealkylation sites (tertiary alicyclic amines) is 1. The molecular formula is C16H17Cl2N3O. The Morgan fingerprint density at radius 3 is 2.95 bits per heavy atom. The fourth-order valence-electron chi connectivity index (χ4n) is 2.65. The van der Waals surface area contributed by atoms with Gasteiger partial charge in [-0.1, -0.05) is 29.3 Å². The van der Waals surface area contributed by atoms with E-state index in [0.29, 0.717) is 23.4 Å². The molecule has 0 amide bonds. The minimum Gasteiger partial charge on any atom is -0.476 e. The molecule has 116 valence electrons. The van der Waals surface area contributed by atoms with E-state index in [1.165, 1.54) is 0 Å². The lowest BCUT2D eigenvalue weighted by Crippen LogP contribution is -2.22. The van der Waals surface area contributed by atoms with Crippen molar-refractivity contribution in [1.82, 2.24) is 14.9 Å². The van der Waals surface area contributed by atoms with Crippen LogP contribution in [0, 0.1) is 5.92 Å². The van der Waals surface area contributed by atoms with Gasteiger partial charge in [0.15, 0.2) is 0 Å². The molecule has 0 bridgehead atoms. The minimum atomic E-state index is 0.507. The van der Waals surface area contributed by atoms with E-state index in [1.807, 2.05) is 12.1 Å². The largest absolute Gasteiger partial charge is 0.476 e. The summed E-state index contributed by atoms with van der Waals surface area (Å²) < 4.78 is 5.68. The Balaban J connectivity index is 1.50. The molecule has 22 heavy (non-hydrogen) atoms. The van der Waals surface area contributed by atoms with Crippen LogP contribution in [0.15, 0.2) is 36.8 Å². The highest BCUT2D eigenvalue weighted by Crippen LogP contribution is 2.25. The van der Waals surface area contributed by atoms with Crippen LogP contribution in [0.3, 0.4) is 0 Å². The number of hydrogen-bond donors (Lipinski definition) is 0. The molecule has 4 nitrogen and oxygen atoms in total. The van der Waals surface area contributed by atoms with Crippen molar-refractivity contribution in [2.75, 3.05) is 19.7 Å². The Morgan fingerprint density at radius 2 is 2.18 bits per heavy atom. The molecule has 1 atom stereocenters. The molecule has 1 aliphatic heterocycles. The van der Waals surface area contributed by atoms with E-state index in [1.54, 1.807) is 24.7 Å². The number of ether oxygens (including phenoxy) is 1. The van der Waals surface area contributed by atoms with Crippen molar-refractivity contribution < 1.29 is 4.74 Å². The molecule has 1 aliphatic rings. The number of hydrogen-bond acceptors (Lipinski definition) is 4. The zero-order chi connectivity index (χ0) is 15.4. The van der Waals surface area contributed by atoms with Gasteiger partial charge in [-0.2, -0.15) is 0 Å². The molecule has 0 aliphatic carbocycles. The van der Waals surface area contributed by atoms with E-state index in [0.717, 1.165) is 36.6 Å². The van der Waals surface area contributed by atoms with E-state index < -0.39 is 0 Å². The molecule has 1 aromatic heterocycles. The van der Waals surface area contributed by atoms with Crippen LogP contribution in [0.25, 0.3) is 0 Å². The first-order chi connectivity index (χ1) is 10.7. The van der Waals surface area contributed by atoms with Gasteiger partial charge in [-0.05, 0) is 30.7 Å². The molecule has 0 N–H and O–H groups in total. The van der Waals surface area contributed by atoms with Gasteiger partial charge in [0.2, 0.25) is 5.88 Å². The third kappa shape index (κ3) is 4.09. The molecule has 2 heterocycles. The monoisotopic (exact) mass is 337 g/mol. The van der Waals surface area contributed by atoms with Gasteiger partial charge in [-0.3, -0.25) is 9.88 Å². The van der Waals surface area contributed by atoms with E-state index >= 15 is 0 Å². The highest BCUT2D eigenvalue weighted by atomic mass is 35.5. The molecule has 6 heteroatoms. The summed E-state index contributed by atoms with van der Waals surface area (Å²) in [7, 11) is 0. The summed E-state index contributed by atoms with van der Waals surface area (Å²) in [6.45, 7) is 3.56. The maximum Gasteiger partial charge on any atom is 0.232 e. The number of aromatic nitrogens is 2. The number of rotatable bonds is 5. The lowest BCUT2D eigenvalue weighted by molar-refractivity contribution is 0.231. The van der Waals surface area contributed by atoms with Crippen LogP contribution in [0.2, 0.25) is 10.0 Å². The van der Waals surface area contributed by atoms with Gasteiger partial charge in [0.05, 0.1) is 12.8 Å². The van der Waals surface area contributed by atoms with Gasteiger partial charge < -0.3 is 4.74 Å². The van der Waals surface area contributed by atoms with Crippen LogP contribution in [0.4, 0.5) is 0 Å². The first-order valence-corrected chi connectivity index (χ1v) is 8.01. The van der Waals surface area contributed by atoms with Crippen LogP contribution in [0.1, 0.15) is 12.0 Å². The molecular weight excluding hydrogens is 321 g/mol. The minimum absolute atomic E-state index is 0.507. The van der Waals surface area contributed by atoms with Crippen molar-refractivity contribution in [3.05, 3.63) is 52.4 Å². The zero-order valence-electron chi connectivity index (χ0n) is 12.1. The summed E-state index contributed by atoms with van der Waals surface area (Å²) in [6, 6.07) is 5.67. The highest BCUT2D eigenvalue weighted by molar-refractivity contribution is 6.35.